The first-order chi connectivity index (χ1) is 9.82. The van der Waals surface area contributed by atoms with Gasteiger partial charge in [-0.1, -0.05) is 26.8 Å². The van der Waals surface area contributed by atoms with Crippen LogP contribution in [0.1, 0.15) is 27.2 Å². The minimum atomic E-state index is -0.235. The maximum absolute atomic E-state index is 8.73. The van der Waals surface area contributed by atoms with Gasteiger partial charge in [0.15, 0.2) is 0 Å². The summed E-state index contributed by atoms with van der Waals surface area (Å²) in [6.07, 6.45) is 2.22. The van der Waals surface area contributed by atoms with Crippen molar-refractivity contribution in [2.45, 2.75) is 27.2 Å². The van der Waals surface area contributed by atoms with E-state index in [4.69, 9.17) is 21.0 Å². The normalized spacial score (nSPS) is 12.1. The van der Waals surface area contributed by atoms with Crippen molar-refractivity contribution < 1.29 is 9.84 Å². The molecule has 0 aliphatic carbocycles. The van der Waals surface area contributed by atoms with Crippen molar-refractivity contribution >= 4 is 11.4 Å². The Morgan fingerprint density at radius 1 is 1.43 bits per heavy atom. The summed E-state index contributed by atoms with van der Waals surface area (Å²) in [7, 11) is 0. The number of aliphatic hydroxyl groups is 1. The van der Waals surface area contributed by atoms with E-state index in [1.165, 1.54) is 0 Å². The van der Waals surface area contributed by atoms with Gasteiger partial charge in [0.1, 0.15) is 11.6 Å². The minimum absolute atomic E-state index is 0.114. The van der Waals surface area contributed by atoms with Gasteiger partial charge < -0.3 is 26.3 Å². The van der Waals surface area contributed by atoms with Gasteiger partial charge in [-0.25, -0.2) is 0 Å². The lowest BCUT2D eigenvalue weighted by Gasteiger charge is -2.18. The molecule has 5 nitrogen and oxygen atoms in total. The summed E-state index contributed by atoms with van der Waals surface area (Å²) in [5.74, 6) is 1.13. The molecule has 5 N–H and O–H groups in total. The lowest BCUT2D eigenvalue weighted by molar-refractivity contribution is 0.233. The second kappa shape index (κ2) is 7.69. The van der Waals surface area contributed by atoms with Crippen LogP contribution < -0.4 is 15.8 Å². The van der Waals surface area contributed by atoms with E-state index in [0.717, 1.165) is 5.69 Å². The summed E-state index contributed by atoms with van der Waals surface area (Å²) in [6, 6.07) is 7.41. The van der Waals surface area contributed by atoms with Crippen molar-refractivity contribution in [3.05, 3.63) is 36.2 Å². The summed E-state index contributed by atoms with van der Waals surface area (Å²) in [5.41, 5.74) is 6.93. The van der Waals surface area contributed by atoms with Crippen LogP contribution in [-0.2, 0) is 0 Å². The second-order valence-corrected chi connectivity index (χ2v) is 5.84. The molecule has 0 aliphatic heterocycles. The molecule has 116 valence electrons. The molecule has 0 aliphatic rings. The second-order valence-electron chi connectivity index (χ2n) is 5.84. The monoisotopic (exact) mass is 291 g/mol. The third-order valence-corrected chi connectivity index (χ3v) is 2.80. The molecule has 1 aromatic rings. The number of anilines is 1. The Morgan fingerprint density at radius 2 is 2.14 bits per heavy atom. The molecule has 0 heterocycles. The largest absolute Gasteiger partial charge is 0.493 e. The predicted molar refractivity (Wildman–Crippen MR) is 86.7 cm³/mol. The molecule has 0 saturated heterocycles. The first-order valence-electron chi connectivity index (χ1n) is 7.00. The van der Waals surface area contributed by atoms with Gasteiger partial charge >= 0.3 is 0 Å². The third kappa shape index (κ3) is 6.31. The molecular formula is C16H25N3O2. The zero-order valence-corrected chi connectivity index (χ0v) is 12.9. The van der Waals surface area contributed by atoms with Gasteiger partial charge in [-0.2, -0.15) is 0 Å². The van der Waals surface area contributed by atoms with Crippen LogP contribution in [0.4, 0.5) is 5.69 Å². The molecule has 0 saturated carbocycles. The molecule has 0 radical (unpaired) electrons. The molecular weight excluding hydrogens is 266 g/mol. The highest BCUT2D eigenvalue weighted by molar-refractivity contribution is 5.97. The van der Waals surface area contributed by atoms with Crippen molar-refractivity contribution in [2.75, 3.05) is 18.5 Å². The van der Waals surface area contributed by atoms with Gasteiger partial charge in [0.25, 0.3) is 0 Å². The van der Waals surface area contributed by atoms with E-state index in [9.17, 15) is 0 Å². The van der Waals surface area contributed by atoms with E-state index in [0.29, 0.717) is 30.3 Å². The van der Waals surface area contributed by atoms with Crippen LogP contribution in [0.15, 0.2) is 36.2 Å². The van der Waals surface area contributed by atoms with E-state index in [2.05, 4.69) is 5.32 Å². The van der Waals surface area contributed by atoms with Gasteiger partial charge in [-0.3, -0.25) is 0 Å². The topological polar surface area (TPSA) is 91.4 Å². The molecule has 1 rings (SSSR count). The SMILES string of the molecule is CC(C)(C)C(=N)/C=C(/N)Nc1cccc(OCCCO)c1. The minimum Gasteiger partial charge on any atom is -0.493 e. The Labute approximate surface area is 126 Å². The maximum atomic E-state index is 8.73. The van der Waals surface area contributed by atoms with Crippen molar-refractivity contribution in [3.8, 4) is 5.75 Å². The van der Waals surface area contributed by atoms with E-state index >= 15 is 0 Å². The van der Waals surface area contributed by atoms with Crippen molar-refractivity contribution in [1.29, 1.82) is 5.41 Å². The molecule has 5 heteroatoms. The van der Waals surface area contributed by atoms with Crippen LogP contribution in [0.2, 0.25) is 0 Å². The number of nitrogens with two attached hydrogens (primary N) is 1. The molecule has 0 atom stereocenters. The number of allylic oxidation sites excluding steroid dienone is 1. The summed E-state index contributed by atoms with van der Waals surface area (Å²) in [4.78, 5) is 0. The average molecular weight is 291 g/mol. The highest BCUT2D eigenvalue weighted by atomic mass is 16.5. The van der Waals surface area contributed by atoms with Crippen LogP contribution in [0, 0.1) is 10.8 Å². The van der Waals surface area contributed by atoms with E-state index in [1.54, 1.807) is 6.08 Å². The maximum Gasteiger partial charge on any atom is 0.121 e. The quantitative estimate of drug-likeness (QED) is 0.459. The van der Waals surface area contributed by atoms with Crippen LogP contribution in [0.3, 0.4) is 0 Å². The van der Waals surface area contributed by atoms with Crippen molar-refractivity contribution in [2.24, 2.45) is 11.1 Å². The Hall–Kier alpha value is -2.01. The first-order valence-corrected chi connectivity index (χ1v) is 7.00. The lowest BCUT2D eigenvalue weighted by Crippen LogP contribution is -2.20. The number of rotatable bonds is 7. The molecule has 0 fully saturated rings. The Bertz CT molecular complexity index is 504. The summed E-state index contributed by atoms with van der Waals surface area (Å²) >= 11 is 0. The molecule has 0 unspecified atom stereocenters. The van der Waals surface area contributed by atoms with Crippen LogP contribution in [0.25, 0.3) is 0 Å². The van der Waals surface area contributed by atoms with Gasteiger partial charge in [-0.05, 0) is 18.2 Å². The van der Waals surface area contributed by atoms with Crippen LogP contribution in [-0.4, -0.2) is 24.0 Å². The molecule has 21 heavy (non-hydrogen) atoms. The Morgan fingerprint density at radius 3 is 2.76 bits per heavy atom. The molecule has 0 spiro atoms. The fourth-order valence-corrected chi connectivity index (χ4v) is 1.49. The number of aliphatic hydroxyl groups excluding tert-OH is 1. The van der Waals surface area contributed by atoms with Gasteiger partial charge in [0.2, 0.25) is 0 Å². The van der Waals surface area contributed by atoms with Gasteiger partial charge in [-0.15, -0.1) is 0 Å². The Balaban J connectivity index is 2.68. The standard InChI is InChI=1S/C16H25N3O2/c1-16(2,3)14(17)11-15(18)19-12-6-4-7-13(10-12)21-9-5-8-20/h4,6-7,10-11,17,19-20H,5,8-9,18H2,1-3H3/b15-11-,17-14?. The Kier molecular flexibility index (Phi) is 6.24. The van der Waals surface area contributed by atoms with Crippen LogP contribution >= 0.6 is 0 Å². The molecule has 1 aromatic carbocycles. The van der Waals surface area contributed by atoms with E-state index in [-0.39, 0.29) is 12.0 Å². The third-order valence-electron chi connectivity index (χ3n) is 2.80. The predicted octanol–water partition coefficient (Wildman–Crippen LogP) is 2.73. The first kappa shape index (κ1) is 17.0. The smallest absolute Gasteiger partial charge is 0.121 e. The van der Waals surface area contributed by atoms with Crippen LogP contribution in [0.5, 0.6) is 5.75 Å². The number of ether oxygens (including phenoxy) is 1. The summed E-state index contributed by atoms with van der Waals surface area (Å²) in [6.45, 7) is 6.49. The van der Waals surface area contributed by atoms with E-state index in [1.807, 2.05) is 45.0 Å². The number of nitrogens with one attached hydrogen (secondary N) is 2. The number of benzene rings is 1. The summed E-state index contributed by atoms with van der Waals surface area (Å²) < 4.78 is 5.50. The summed E-state index contributed by atoms with van der Waals surface area (Å²) in [5, 5.41) is 19.7. The fourth-order valence-electron chi connectivity index (χ4n) is 1.49. The van der Waals surface area contributed by atoms with Gasteiger partial charge in [0.05, 0.1) is 6.61 Å². The average Bonchev–Trinajstić information content (AvgIpc) is 2.38. The zero-order valence-electron chi connectivity index (χ0n) is 12.9. The highest BCUT2D eigenvalue weighted by Gasteiger charge is 2.15. The molecule has 0 amide bonds. The molecule has 0 aromatic heterocycles. The number of hydrogen-bond donors (Lipinski definition) is 4. The highest BCUT2D eigenvalue weighted by Crippen LogP contribution is 2.19. The fraction of sp³-hybridized carbons (Fsp3) is 0.438. The molecule has 0 bridgehead atoms. The van der Waals surface area contributed by atoms with Crippen molar-refractivity contribution in [1.82, 2.24) is 0 Å². The van der Waals surface area contributed by atoms with Crippen molar-refractivity contribution in [3.63, 3.8) is 0 Å². The van der Waals surface area contributed by atoms with E-state index < -0.39 is 0 Å². The zero-order chi connectivity index (χ0) is 15.9. The number of hydrogen-bond acceptors (Lipinski definition) is 5. The van der Waals surface area contributed by atoms with Gasteiger partial charge in [0, 0.05) is 35.9 Å². The lowest BCUT2D eigenvalue weighted by atomic mass is 9.90.